The lowest BCUT2D eigenvalue weighted by molar-refractivity contribution is -0.120. The number of pyridine rings is 1. The third kappa shape index (κ3) is 4.86. The van der Waals surface area contributed by atoms with E-state index in [1.54, 1.807) is 43.6 Å². The summed E-state index contributed by atoms with van der Waals surface area (Å²) < 4.78 is 5.11. The number of aromatic nitrogens is 1. The Morgan fingerprint density at radius 1 is 1.32 bits per heavy atom. The number of carbonyl (C=O) groups is 2. The number of hydrazone groups is 1. The minimum atomic E-state index is -0.372. The van der Waals surface area contributed by atoms with E-state index >= 15 is 0 Å². The van der Waals surface area contributed by atoms with Crippen LogP contribution in [0, 0.1) is 0 Å². The summed E-state index contributed by atoms with van der Waals surface area (Å²) in [5.41, 5.74) is 3.28. The lowest BCUT2D eigenvalue weighted by atomic mass is 10.3. The van der Waals surface area contributed by atoms with E-state index in [4.69, 9.17) is 4.42 Å². The maximum absolute atomic E-state index is 11.7. The standard InChI is InChI=1S/C15H16N4O3/c1-11(8-14(20)17-10-13-5-3-7-22-13)18-19-15(21)12-4-2-6-16-9-12/h2-7,9H,8,10H2,1H3,(H,17,20)(H,19,21). The molecular weight excluding hydrogens is 284 g/mol. The van der Waals surface area contributed by atoms with Crippen molar-refractivity contribution in [3.63, 3.8) is 0 Å². The maximum Gasteiger partial charge on any atom is 0.272 e. The molecule has 0 atom stereocenters. The van der Waals surface area contributed by atoms with E-state index in [1.807, 2.05) is 0 Å². The van der Waals surface area contributed by atoms with Gasteiger partial charge >= 0.3 is 0 Å². The normalized spacial score (nSPS) is 11.0. The van der Waals surface area contributed by atoms with Gasteiger partial charge in [-0.25, -0.2) is 5.43 Å². The molecule has 0 aromatic carbocycles. The van der Waals surface area contributed by atoms with E-state index in [-0.39, 0.29) is 18.2 Å². The molecule has 0 saturated carbocycles. The molecule has 7 nitrogen and oxygen atoms in total. The third-order valence-electron chi connectivity index (χ3n) is 2.73. The van der Waals surface area contributed by atoms with Crippen molar-refractivity contribution in [3.8, 4) is 0 Å². The largest absolute Gasteiger partial charge is 0.467 e. The smallest absolute Gasteiger partial charge is 0.272 e. The predicted octanol–water partition coefficient (Wildman–Crippen LogP) is 1.49. The first-order chi connectivity index (χ1) is 10.6. The highest BCUT2D eigenvalue weighted by molar-refractivity contribution is 6.01. The number of hydrogen-bond acceptors (Lipinski definition) is 5. The summed E-state index contributed by atoms with van der Waals surface area (Å²) >= 11 is 0. The number of nitrogens with zero attached hydrogens (tertiary/aromatic N) is 2. The van der Waals surface area contributed by atoms with Crippen LogP contribution in [-0.4, -0.2) is 22.5 Å². The highest BCUT2D eigenvalue weighted by Crippen LogP contribution is 1.99. The summed E-state index contributed by atoms with van der Waals surface area (Å²) in [6.07, 6.45) is 4.65. The highest BCUT2D eigenvalue weighted by atomic mass is 16.3. The van der Waals surface area contributed by atoms with Gasteiger partial charge in [0.25, 0.3) is 5.91 Å². The Labute approximate surface area is 127 Å². The first-order valence-corrected chi connectivity index (χ1v) is 6.68. The van der Waals surface area contributed by atoms with Crippen LogP contribution >= 0.6 is 0 Å². The molecule has 0 aliphatic heterocycles. The Morgan fingerprint density at radius 2 is 2.18 bits per heavy atom. The average Bonchev–Trinajstić information content (AvgIpc) is 3.05. The van der Waals surface area contributed by atoms with Gasteiger partial charge in [0, 0.05) is 18.1 Å². The van der Waals surface area contributed by atoms with Gasteiger partial charge in [-0.1, -0.05) is 0 Å². The number of furan rings is 1. The monoisotopic (exact) mass is 300 g/mol. The van der Waals surface area contributed by atoms with Crippen LogP contribution in [0.25, 0.3) is 0 Å². The molecule has 0 spiro atoms. The van der Waals surface area contributed by atoms with Gasteiger partial charge in [-0.3, -0.25) is 14.6 Å². The van der Waals surface area contributed by atoms with Crippen molar-refractivity contribution >= 4 is 17.5 Å². The van der Waals surface area contributed by atoms with E-state index in [1.165, 1.54) is 6.20 Å². The molecule has 2 aromatic heterocycles. The van der Waals surface area contributed by atoms with Crippen LogP contribution in [0.3, 0.4) is 0 Å². The molecular formula is C15H16N4O3. The molecule has 22 heavy (non-hydrogen) atoms. The minimum Gasteiger partial charge on any atom is -0.467 e. The van der Waals surface area contributed by atoms with Crippen LogP contribution in [0.4, 0.5) is 0 Å². The molecule has 7 heteroatoms. The van der Waals surface area contributed by atoms with E-state index < -0.39 is 0 Å². The molecule has 114 valence electrons. The number of hydrogen-bond donors (Lipinski definition) is 2. The molecule has 0 unspecified atom stereocenters. The first kappa shape index (κ1) is 15.4. The fourth-order valence-electron chi connectivity index (χ4n) is 1.64. The Balaban J connectivity index is 1.77. The van der Waals surface area contributed by atoms with Crippen molar-refractivity contribution in [2.45, 2.75) is 19.9 Å². The van der Waals surface area contributed by atoms with Gasteiger partial charge in [-0.05, 0) is 31.2 Å². The second-order valence-electron chi connectivity index (χ2n) is 4.56. The molecule has 0 radical (unpaired) electrons. The van der Waals surface area contributed by atoms with E-state index in [0.29, 0.717) is 23.6 Å². The van der Waals surface area contributed by atoms with Gasteiger partial charge in [0.2, 0.25) is 5.91 Å². The highest BCUT2D eigenvalue weighted by Gasteiger charge is 2.07. The third-order valence-corrected chi connectivity index (χ3v) is 2.73. The van der Waals surface area contributed by atoms with E-state index in [2.05, 4.69) is 20.8 Å². The van der Waals surface area contributed by atoms with Gasteiger partial charge in [0.1, 0.15) is 5.76 Å². The average molecular weight is 300 g/mol. The van der Waals surface area contributed by atoms with E-state index in [0.717, 1.165) is 0 Å². The van der Waals surface area contributed by atoms with Gasteiger partial charge < -0.3 is 9.73 Å². The lowest BCUT2D eigenvalue weighted by Crippen LogP contribution is -2.26. The molecule has 0 aliphatic carbocycles. The summed E-state index contributed by atoms with van der Waals surface area (Å²) in [5.74, 6) is 0.101. The van der Waals surface area contributed by atoms with Gasteiger partial charge in [-0.2, -0.15) is 5.10 Å². The Hall–Kier alpha value is -2.96. The zero-order valence-electron chi connectivity index (χ0n) is 12.1. The Morgan fingerprint density at radius 3 is 2.86 bits per heavy atom. The number of nitrogens with one attached hydrogen (secondary N) is 2. The van der Waals surface area contributed by atoms with Crippen molar-refractivity contribution in [1.82, 2.24) is 15.7 Å². The molecule has 2 N–H and O–H groups in total. The number of rotatable bonds is 6. The second kappa shape index (κ2) is 7.72. The molecule has 0 bridgehead atoms. The molecule has 2 heterocycles. The second-order valence-corrected chi connectivity index (χ2v) is 4.56. The minimum absolute atomic E-state index is 0.0913. The quantitative estimate of drug-likeness (QED) is 0.624. The van der Waals surface area contributed by atoms with Crippen LogP contribution in [0.1, 0.15) is 29.5 Å². The van der Waals surface area contributed by atoms with Gasteiger partial charge in [0.15, 0.2) is 0 Å². The van der Waals surface area contributed by atoms with Crippen LogP contribution < -0.4 is 10.7 Å². The van der Waals surface area contributed by atoms with Crippen molar-refractivity contribution in [1.29, 1.82) is 0 Å². The van der Waals surface area contributed by atoms with Crippen LogP contribution in [0.5, 0.6) is 0 Å². The summed E-state index contributed by atoms with van der Waals surface area (Å²) in [7, 11) is 0. The SMILES string of the molecule is CC(CC(=O)NCc1ccco1)=NNC(=O)c1cccnc1. The summed E-state index contributed by atoms with van der Waals surface area (Å²) in [4.78, 5) is 27.3. The van der Waals surface area contributed by atoms with Gasteiger partial charge in [0.05, 0.1) is 24.8 Å². The predicted molar refractivity (Wildman–Crippen MR) is 80.0 cm³/mol. The fraction of sp³-hybridized carbons (Fsp3) is 0.200. The topological polar surface area (TPSA) is 96.6 Å². The summed E-state index contributed by atoms with van der Waals surface area (Å²) in [6.45, 7) is 1.98. The fourth-order valence-corrected chi connectivity index (χ4v) is 1.64. The molecule has 0 fully saturated rings. The lowest BCUT2D eigenvalue weighted by Gasteiger charge is -2.04. The zero-order valence-corrected chi connectivity index (χ0v) is 12.1. The van der Waals surface area contributed by atoms with Crippen LogP contribution in [0.15, 0.2) is 52.4 Å². The molecule has 2 rings (SSSR count). The van der Waals surface area contributed by atoms with Gasteiger partial charge in [-0.15, -0.1) is 0 Å². The molecule has 0 saturated heterocycles. The van der Waals surface area contributed by atoms with Crippen molar-refractivity contribution in [2.75, 3.05) is 0 Å². The summed E-state index contributed by atoms with van der Waals surface area (Å²) in [5, 5.41) is 6.59. The molecule has 0 aliphatic rings. The van der Waals surface area contributed by atoms with Crippen LogP contribution in [-0.2, 0) is 11.3 Å². The Bertz CT molecular complexity index is 651. The van der Waals surface area contributed by atoms with Crippen molar-refractivity contribution in [2.24, 2.45) is 5.10 Å². The first-order valence-electron chi connectivity index (χ1n) is 6.68. The van der Waals surface area contributed by atoms with Crippen molar-refractivity contribution in [3.05, 3.63) is 54.2 Å². The van der Waals surface area contributed by atoms with Crippen LogP contribution in [0.2, 0.25) is 0 Å². The summed E-state index contributed by atoms with van der Waals surface area (Å²) in [6, 6.07) is 6.81. The molecule has 2 amide bonds. The zero-order chi connectivity index (χ0) is 15.8. The number of carbonyl (C=O) groups excluding carboxylic acids is 2. The maximum atomic E-state index is 11.7. The van der Waals surface area contributed by atoms with E-state index in [9.17, 15) is 9.59 Å². The van der Waals surface area contributed by atoms with Crippen molar-refractivity contribution < 1.29 is 14.0 Å². The Kier molecular flexibility index (Phi) is 5.42. The number of amides is 2. The molecule has 2 aromatic rings.